The van der Waals surface area contributed by atoms with Crippen molar-refractivity contribution in [3.8, 4) is 0 Å². The number of rotatable bonds is 4. The Kier molecular flexibility index (Phi) is 3.62. The fraction of sp³-hybridized carbons (Fsp3) is 0.500. The van der Waals surface area contributed by atoms with Crippen molar-refractivity contribution in [2.24, 2.45) is 0 Å². The Morgan fingerprint density at radius 2 is 2.19 bits per heavy atom. The van der Waals surface area contributed by atoms with Crippen molar-refractivity contribution in [1.82, 2.24) is 5.32 Å². The maximum absolute atomic E-state index is 13.0. The van der Waals surface area contributed by atoms with Crippen molar-refractivity contribution in [3.63, 3.8) is 0 Å². The van der Waals surface area contributed by atoms with E-state index in [1.807, 2.05) is 0 Å². The molecule has 0 aliphatic heterocycles. The molecule has 16 heavy (non-hydrogen) atoms. The van der Waals surface area contributed by atoms with E-state index >= 15 is 0 Å². The lowest BCUT2D eigenvalue weighted by Crippen LogP contribution is -2.45. The van der Waals surface area contributed by atoms with Crippen LogP contribution in [-0.2, 0) is 6.54 Å². The molecule has 4 heteroatoms. The molecule has 0 atom stereocenters. The van der Waals surface area contributed by atoms with Gasteiger partial charge in [0.25, 0.3) is 0 Å². The first-order valence-electron chi connectivity index (χ1n) is 5.46. The first-order chi connectivity index (χ1) is 7.59. The van der Waals surface area contributed by atoms with Crippen LogP contribution in [0.3, 0.4) is 0 Å². The zero-order valence-electron chi connectivity index (χ0n) is 8.97. The average molecular weight is 288 g/mol. The van der Waals surface area contributed by atoms with Crippen molar-refractivity contribution in [2.45, 2.75) is 31.4 Å². The van der Waals surface area contributed by atoms with Crippen LogP contribution in [0.5, 0.6) is 0 Å². The summed E-state index contributed by atoms with van der Waals surface area (Å²) in [6.45, 7) is 1.27. The molecule has 1 saturated carbocycles. The maximum atomic E-state index is 13.0. The lowest BCUT2D eigenvalue weighted by molar-refractivity contribution is -0.0314. The maximum Gasteiger partial charge on any atom is 0.137 e. The second kappa shape index (κ2) is 4.82. The molecule has 2 nitrogen and oxygen atoms in total. The van der Waals surface area contributed by atoms with Crippen molar-refractivity contribution in [3.05, 3.63) is 34.1 Å². The molecule has 1 aliphatic carbocycles. The Morgan fingerprint density at radius 3 is 2.75 bits per heavy atom. The molecule has 0 aromatic heterocycles. The lowest BCUT2D eigenvalue weighted by Gasteiger charge is -2.36. The van der Waals surface area contributed by atoms with Gasteiger partial charge in [0.2, 0.25) is 0 Å². The number of halogens is 2. The average Bonchev–Trinajstić information content (AvgIpc) is 2.21. The van der Waals surface area contributed by atoms with E-state index in [9.17, 15) is 9.50 Å². The molecule has 1 aromatic carbocycles. The number of nitrogens with one attached hydrogen (secondary N) is 1. The smallest absolute Gasteiger partial charge is 0.137 e. The Balaban J connectivity index is 1.83. The molecule has 0 spiro atoms. The summed E-state index contributed by atoms with van der Waals surface area (Å²) in [5, 5.41) is 13.1. The van der Waals surface area contributed by atoms with Crippen LogP contribution in [-0.4, -0.2) is 17.3 Å². The molecule has 88 valence electrons. The molecule has 1 aliphatic rings. The van der Waals surface area contributed by atoms with Crippen LogP contribution in [0.4, 0.5) is 4.39 Å². The molecular formula is C12H15BrFNO. The minimum atomic E-state index is -0.503. The highest BCUT2D eigenvalue weighted by Crippen LogP contribution is 2.30. The second-order valence-corrected chi connectivity index (χ2v) is 5.28. The molecule has 0 amide bonds. The first-order valence-corrected chi connectivity index (χ1v) is 6.25. The molecule has 1 fully saturated rings. The molecule has 2 rings (SSSR count). The summed E-state index contributed by atoms with van der Waals surface area (Å²) in [6, 6.07) is 4.95. The van der Waals surface area contributed by atoms with E-state index in [0.717, 1.165) is 24.8 Å². The van der Waals surface area contributed by atoms with Gasteiger partial charge < -0.3 is 10.4 Å². The monoisotopic (exact) mass is 287 g/mol. The van der Waals surface area contributed by atoms with Crippen LogP contribution < -0.4 is 5.32 Å². The predicted octanol–water partition coefficient (Wildman–Crippen LogP) is 2.59. The van der Waals surface area contributed by atoms with E-state index in [1.54, 1.807) is 12.1 Å². The predicted molar refractivity (Wildman–Crippen MR) is 64.6 cm³/mol. The van der Waals surface area contributed by atoms with Gasteiger partial charge in [0.1, 0.15) is 5.82 Å². The topological polar surface area (TPSA) is 32.3 Å². The van der Waals surface area contributed by atoms with E-state index < -0.39 is 5.60 Å². The summed E-state index contributed by atoms with van der Waals surface area (Å²) in [4.78, 5) is 0. The molecule has 1 aromatic rings. The van der Waals surface area contributed by atoms with Crippen LogP contribution in [0.1, 0.15) is 24.8 Å². The van der Waals surface area contributed by atoms with Gasteiger partial charge in [-0.15, -0.1) is 0 Å². The van der Waals surface area contributed by atoms with Crippen LogP contribution in [0, 0.1) is 5.82 Å². The van der Waals surface area contributed by atoms with Crippen molar-refractivity contribution in [2.75, 3.05) is 6.54 Å². The Hall–Kier alpha value is -0.450. The van der Waals surface area contributed by atoms with Crippen LogP contribution in [0.2, 0.25) is 0 Å². The highest BCUT2D eigenvalue weighted by atomic mass is 79.9. The summed E-state index contributed by atoms with van der Waals surface area (Å²) in [5.74, 6) is -0.249. The first kappa shape index (κ1) is 12.0. The Labute approximate surface area is 103 Å². The lowest BCUT2D eigenvalue weighted by atomic mass is 9.80. The minimum absolute atomic E-state index is 0.249. The summed E-state index contributed by atoms with van der Waals surface area (Å²) < 4.78 is 13.4. The normalized spacial score (nSPS) is 18.2. The molecule has 0 unspecified atom stereocenters. The van der Waals surface area contributed by atoms with Crippen molar-refractivity contribution in [1.29, 1.82) is 0 Å². The van der Waals surface area contributed by atoms with Crippen molar-refractivity contribution < 1.29 is 9.50 Å². The largest absolute Gasteiger partial charge is 0.389 e. The standard InChI is InChI=1S/C12H15BrFNO/c13-10-6-9(2-3-11(10)14)7-15-8-12(16)4-1-5-12/h2-3,6,15-16H,1,4-5,7-8H2. The summed E-state index contributed by atoms with van der Waals surface area (Å²) >= 11 is 3.15. The van der Waals surface area contributed by atoms with Crippen LogP contribution in [0.15, 0.2) is 22.7 Å². The fourth-order valence-electron chi connectivity index (χ4n) is 1.85. The highest BCUT2D eigenvalue weighted by molar-refractivity contribution is 9.10. The number of hydrogen-bond donors (Lipinski definition) is 2. The third-order valence-corrected chi connectivity index (χ3v) is 3.66. The molecular weight excluding hydrogens is 273 g/mol. The summed E-state index contributed by atoms with van der Waals surface area (Å²) in [7, 11) is 0. The highest BCUT2D eigenvalue weighted by Gasteiger charge is 2.33. The molecule has 2 N–H and O–H groups in total. The van der Waals surface area contributed by atoms with Gasteiger partial charge in [-0.1, -0.05) is 6.07 Å². The zero-order valence-corrected chi connectivity index (χ0v) is 10.6. The number of benzene rings is 1. The van der Waals surface area contributed by atoms with Gasteiger partial charge >= 0.3 is 0 Å². The quantitative estimate of drug-likeness (QED) is 0.892. The Bertz CT molecular complexity index is 379. The summed E-state index contributed by atoms with van der Waals surface area (Å²) in [6.07, 6.45) is 2.88. The van der Waals surface area contributed by atoms with Crippen molar-refractivity contribution >= 4 is 15.9 Å². The van der Waals surface area contributed by atoms with Gasteiger partial charge in [-0.2, -0.15) is 0 Å². The SMILES string of the molecule is OC1(CNCc2ccc(F)c(Br)c2)CCC1. The van der Waals surface area contributed by atoms with E-state index in [2.05, 4.69) is 21.2 Å². The third-order valence-electron chi connectivity index (χ3n) is 3.05. The molecule has 0 radical (unpaired) electrons. The van der Waals surface area contributed by atoms with Gasteiger partial charge in [0, 0.05) is 13.1 Å². The molecule has 0 saturated heterocycles. The summed E-state index contributed by atoms with van der Waals surface area (Å²) in [5.41, 5.74) is 0.508. The molecule has 0 heterocycles. The van der Waals surface area contributed by atoms with Gasteiger partial charge in [-0.25, -0.2) is 4.39 Å². The van der Waals surface area contributed by atoms with E-state index in [1.165, 1.54) is 6.07 Å². The van der Waals surface area contributed by atoms with E-state index in [4.69, 9.17) is 0 Å². The van der Waals surface area contributed by atoms with Gasteiger partial charge in [-0.05, 0) is 52.9 Å². The van der Waals surface area contributed by atoms with E-state index in [-0.39, 0.29) is 5.82 Å². The fourth-order valence-corrected chi connectivity index (χ4v) is 2.28. The van der Waals surface area contributed by atoms with Crippen LogP contribution >= 0.6 is 15.9 Å². The van der Waals surface area contributed by atoms with Gasteiger partial charge in [0.05, 0.1) is 10.1 Å². The number of hydrogen-bond acceptors (Lipinski definition) is 2. The molecule has 0 bridgehead atoms. The Morgan fingerprint density at radius 1 is 1.44 bits per heavy atom. The van der Waals surface area contributed by atoms with Gasteiger partial charge in [-0.3, -0.25) is 0 Å². The van der Waals surface area contributed by atoms with E-state index in [0.29, 0.717) is 17.6 Å². The third kappa shape index (κ3) is 2.81. The van der Waals surface area contributed by atoms with Gasteiger partial charge in [0.15, 0.2) is 0 Å². The second-order valence-electron chi connectivity index (χ2n) is 4.43. The number of aliphatic hydroxyl groups is 1. The zero-order chi connectivity index (χ0) is 11.6. The minimum Gasteiger partial charge on any atom is -0.389 e. The van der Waals surface area contributed by atoms with Crippen LogP contribution in [0.25, 0.3) is 0 Å².